The van der Waals surface area contributed by atoms with E-state index in [4.69, 9.17) is 11.6 Å². The predicted octanol–water partition coefficient (Wildman–Crippen LogP) is 3.94. The van der Waals surface area contributed by atoms with Gasteiger partial charge in [-0.25, -0.2) is 0 Å². The second kappa shape index (κ2) is 7.11. The number of fused-ring (bicyclic) bond motifs is 1. The van der Waals surface area contributed by atoms with Gasteiger partial charge in [0.25, 0.3) is 5.56 Å². The van der Waals surface area contributed by atoms with Crippen LogP contribution in [-0.4, -0.2) is 22.8 Å². The van der Waals surface area contributed by atoms with Crippen molar-refractivity contribution in [1.29, 1.82) is 0 Å². The molecular weight excluding hydrogens is 336 g/mol. The van der Waals surface area contributed by atoms with Crippen LogP contribution in [0.1, 0.15) is 24.1 Å². The van der Waals surface area contributed by atoms with E-state index in [0.29, 0.717) is 16.8 Å². The molecule has 1 atom stereocenters. The molecule has 2 aromatic carbocycles. The molecule has 3 rings (SSSR count). The van der Waals surface area contributed by atoms with E-state index in [1.54, 1.807) is 36.3 Å². The first-order chi connectivity index (χ1) is 12.0. The highest BCUT2D eigenvalue weighted by atomic mass is 35.5. The number of pyridine rings is 1. The van der Waals surface area contributed by atoms with Crippen LogP contribution in [0.4, 0.5) is 0 Å². The van der Waals surface area contributed by atoms with Crippen LogP contribution >= 0.6 is 11.6 Å². The van der Waals surface area contributed by atoms with E-state index in [2.05, 4.69) is 4.98 Å². The topological polar surface area (TPSA) is 53.2 Å². The number of carbonyl (C=O) groups is 1. The number of nitrogens with zero attached hydrogens (tertiary/aromatic N) is 1. The molecule has 0 aliphatic rings. The number of aromatic amines is 1. The Morgan fingerprint density at radius 2 is 1.76 bits per heavy atom. The summed E-state index contributed by atoms with van der Waals surface area (Å²) >= 11 is 5.89. The number of H-pyrrole nitrogens is 1. The van der Waals surface area contributed by atoms with Crippen molar-refractivity contribution in [3.8, 4) is 0 Å². The molecule has 0 radical (unpaired) electrons. The maximum absolute atomic E-state index is 12.6. The third-order valence-electron chi connectivity index (χ3n) is 4.53. The standard InChI is InChI=1S/C20H19ClN2O2/c1-13(18-12-22-20(25)17-6-4-3-5-16(17)18)23(2)19(24)11-14-7-9-15(21)10-8-14/h3-10,12-13H,11H2,1-2H3,(H,22,25). The molecule has 25 heavy (non-hydrogen) atoms. The Morgan fingerprint density at radius 1 is 1.12 bits per heavy atom. The fourth-order valence-electron chi connectivity index (χ4n) is 2.90. The summed E-state index contributed by atoms with van der Waals surface area (Å²) in [5.41, 5.74) is 1.71. The molecule has 1 N–H and O–H groups in total. The normalized spacial score (nSPS) is 12.1. The van der Waals surface area contributed by atoms with Crippen LogP contribution in [0.2, 0.25) is 5.02 Å². The number of likely N-dealkylation sites (N-methyl/N-ethyl adjacent to an activating group) is 1. The second-order valence-corrected chi connectivity index (χ2v) is 6.54. The molecule has 1 amide bonds. The zero-order valence-corrected chi connectivity index (χ0v) is 14.9. The third-order valence-corrected chi connectivity index (χ3v) is 4.79. The minimum Gasteiger partial charge on any atom is -0.339 e. The Kier molecular flexibility index (Phi) is 4.91. The lowest BCUT2D eigenvalue weighted by molar-refractivity contribution is -0.131. The molecule has 0 saturated heterocycles. The molecule has 4 nitrogen and oxygen atoms in total. The van der Waals surface area contributed by atoms with E-state index in [1.165, 1.54) is 0 Å². The number of aromatic nitrogens is 1. The van der Waals surface area contributed by atoms with Crippen molar-refractivity contribution in [1.82, 2.24) is 9.88 Å². The zero-order chi connectivity index (χ0) is 18.0. The van der Waals surface area contributed by atoms with Crippen LogP contribution in [0, 0.1) is 0 Å². The Hall–Kier alpha value is -2.59. The van der Waals surface area contributed by atoms with Crippen LogP contribution in [0.5, 0.6) is 0 Å². The second-order valence-electron chi connectivity index (χ2n) is 6.10. The van der Waals surface area contributed by atoms with Crippen molar-refractivity contribution < 1.29 is 4.79 Å². The van der Waals surface area contributed by atoms with Crippen molar-refractivity contribution in [2.24, 2.45) is 0 Å². The SMILES string of the molecule is CC(c1c[nH]c(=O)c2ccccc12)N(C)C(=O)Cc1ccc(Cl)cc1. The maximum Gasteiger partial charge on any atom is 0.255 e. The lowest BCUT2D eigenvalue weighted by Crippen LogP contribution is -2.31. The molecule has 5 heteroatoms. The van der Waals surface area contributed by atoms with Gasteiger partial charge < -0.3 is 9.88 Å². The predicted molar refractivity (Wildman–Crippen MR) is 101 cm³/mol. The van der Waals surface area contributed by atoms with Gasteiger partial charge in [-0.1, -0.05) is 41.9 Å². The van der Waals surface area contributed by atoms with E-state index in [0.717, 1.165) is 16.5 Å². The number of nitrogens with one attached hydrogen (secondary N) is 1. The number of carbonyl (C=O) groups excluding carboxylic acids is 1. The van der Waals surface area contributed by atoms with Crippen LogP contribution in [0.3, 0.4) is 0 Å². The summed E-state index contributed by atoms with van der Waals surface area (Å²) in [6.07, 6.45) is 2.00. The van der Waals surface area contributed by atoms with Gasteiger partial charge in [0, 0.05) is 23.7 Å². The Morgan fingerprint density at radius 3 is 2.44 bits per heavy atom. The van der Waals surface area contributed by atoms with Crippen LogP contribution in [0.15, 0.2) is 59.5 Å². The molecule has 0 spiro atoms. The number of rotatable bonds is 4. The van der Waals surface area contributed by atoms with Gasteiger partial charge in [-0.3, -0.25) is 9.59 Å². The maximum atomic E-state index is 12.6. The molecule has 0 bridgehead atoms. The highest BCUT2D eigenvalue weighted by molar-refractivity contribution is 6.30. The van der Waals surface area contributed by atoms with E-state index in [9.17, 15) is 9.59 Å². The average Bonchev–Trinajstić information content (AvgIpc) is 2.63. The van der Waals surface area contributed by atoms with Crippen molar-refractivity contribution in [2.45, 2.75) is 19.4 Å². The fourth-order valence-corrected chi connectivity index (χ4v) is 3.03. The molecular formula is C20H19ClN2O2. The molecule has 0 aliphatic carbocycles. The quantitative estimate of drug-likeness (QED) is 0.771. The number of hydrogen-bond acceptors (Lipinski definition) is 2. The van der Waals surface area contributed by atoms with Gasteiger partial charge in [0.2, 0.25) is 5.91 Å². The van der Waals surface area contributed by atoms with Gasteiger partial charge in [-0.15, -0.1) is 0 Å². The van der Waals surface area contributed by atoms with E-state index >= 15 is 0 Å². The number of hydrogen-bond donors (Lipinski definition) is 1. The first kappa shape index (κ1) is 17.2. The summed E-state index contributed by atoms with van der Waals surface area (Å²) in [4.78, 5) is 29.1. The molecule has 1 unspecified atom stereocenters. The average molecular weight is 355 g/mol. The molecule has 1 aromatic heterocycles. The van der Waals surface area contributed by atoms with Crippen LogP contribution in [-0.2, 0) is 11.2 Å². The fraction of sp³-hybridized carbons (Fsp3) is 0.200. The lowest BCUT2D eigenvalue weighted by atomic mass is 10.0. The van der Waals surface area contributed by atoms with Gasteiger partial charge in [-0.2, -0.15) is 0 Å². The third kappa shape index (κ3) is 3.59. The molecule has 0 fully saturated rings. The Bertz CT molecular complexity index is 963. The first-order valence-corrected chi connectivity index (χ1v) is 8.45. The lowest BCUT2D eigenvalue weighted by Gasteiger charge is -2.26. The van der Waals surface area contributed by atoms with E-state index in [-0.39, 0.29) is 17.5 Å². The van der Waals surface area contributed by atoms with Crippen molar-refractivity contribution in [3.05, 3.63) is 81.2 Å². The Labute approximate surface area is 151 Å². The summed E-state index contributed by atoms with van der Waals surface area (Å²) in [6, 6.07) is 14.5. The summed E-state index contributed by atoms with van der Waals surface area (Å²) in [5, 5.41) is 2.15. The minimum absolute atomic E-state index is 0.00473. The number of benzene rings is 2. The van der Waals surface area contributed by atoms with Gasteiger partial charge in [0.1, 0.15) is 0 Å². The molecule has 0 saturated carbocycles. The summed E-state index contributed by atoms with van der Waals surface area (Å²) < 4.78 is 0. The van der Waals surface area contributed by atoms with Gasteiger partial charge >= 0.3 is 0 Å². The molecule has 0 aliphatic heterocycles. The summed E-state index contributed by atoms with van der Waals surface area (Å²) in [7, 11) is 1.78. The van der Waals surface area contributed by atoms with Crippen molar-refractivity contribution >= 4 is 28.3 Å². The summed E-state index contributed by atoms with van der Waals surface area (Å²) in [6.45, 7) is 1.96. The number of halogens is 1. The zero-order valence-electron chi connectivity index (χ0n) is 14.1. The van der Waals surface area contributed by atoms with Gasteiger partial charge in [-0.05, 0) is 41.6 Å². The van der Waals surface area contributed by atoms with Crippen LogP contribution < -0.4 is 5.56 Å². The molecule has 3 aromatic rings. The molecule has 1 heterocycles. The molecule has 128 valence electrons. The highest BCUT2D eigenvalue weighted by Crippen LogP contribution is 2.25. The van der Waals surface area contributed by atoms with E-state index < -0.39 is 0 Å². The van der Waals surface area contributed by atoms with Gasteiger partial charge in [0.15, 0.2) is 0 Å². The largest absolute Gasteiger partial charge is 0.339 e. The van der Waals surface area contributed by atoms with E-state index in [1.807, 2.05) is 37.3 Å². The van der Waals surface area contributed by atoms with Gasteiger partial charge in [0.05, 0.1) is 12.5 Å². The first-order valence-electron chi connectivity index (χ1n) is 8.08. The summed E-state index contributed by atoms with van der Waals surface area (Å²) in [5.74, 6) is 0.00473. The smallest absolute Gasteiger partial charge is 0.255 e. The van der Waals surface area contributed by atoms with Crippen molar-refractivity contribution in [2.75, 3.05) is 7.05 Å². The highest BCUT2D eigenvalue weighted by Gasteiger charge is 2.20. The van der Waals surface area contributed by atoms with Crippen molar-refractivity contribution in [3.63, 3.8) is 0 Å². The monoisotopic (exact) mass is 354 g/mol. The number of amides is 1. The van der Waals surface area contributed by atoms with Crippen LogP contribution in [0.25, 0.3) is 10.8 Å². The Balaban J connectivity index is 1.86. The minimum atomic E-state index is -0.165.